The number of amides is 1. The number of nitrogens with one attached hydrogen (secondary N) is 1. The first-order valence-corrected chi connectivity index (χ1v) is 11.0. The molecule has 3 heterocycles. The molecule has 1 saturated heterocycles. The van der Waals surface area contributed by atoms with Gasteiger partial charge in [-0.2, -0.15) is 20.1 Å². The number of likely N-dealkylation sites (tertiary alicyclic amines) is 1. The van der Waals surface area contributed by atoms with Crippen LogP contribution in [0.1, 0.15) is 40.6 Å². The minimum Gasteiger partial charge on any atom is -0.496 e. The smallest absolute Gasteiger partial charge is 0.256 e. The quantitative estimate of drug-likeness (QED) is 0.480. The molecular weight excluding hydrogens is 442 g/mol. The van der Waals surface area contributed by atoms with Gasteiger partial charge in [-0.3, -0.25) is 9.89 Å². The molecule has 0 spiro atoms. The summed E-state index contributed by atoms with van der Waals surface area (Å²) in [5, 5.41) is 16.4. The average molecular weight is 464 g/mol. The molecule has 168 valence electrons. The Bertz CT molecular complexity index is 1300. The molecule has 4 aromatic rings. The van der Waals surface area contributed by atoms with Crippen molar-refractivity contribution in [3.63, 3.8) is 0 Å². The fourth-order valence-electron chi connectivity index (χ4n) is 4.17. The lowest BCUT2D eigenvalue weighted by molar-refractivity contribution is 0.0729. The number of carbonyl (C=O) groups is 1. The number of hydrogen-bond donors (Lipinski definition) is 1. The fraction of sp³-hybridized carbons (Fsp3) is 0.261. The summed E-state index contributed by atoms with van der Waals surface area (Å²) in [7, 11) is 1.61. The van der Waals surface area contributed by atoms with Crippen molar-refractivity contribution in [1.82, 2.24) is 35.1 Å². The normalized spacial score (nSPS) is 15.7. The first kappa shape index (κ1) is 21.1. The number of halogens is 1. The van der Waals surface area contributed by atoms with E-state index < -0.39 is 0 Å². The fourth-order valence-corrected chi connectivity index (χ4v) is 4.33. The zero-order valence-electron chi connectivity index (χ0n) is 18.2. The summed E-state index contributed by atoms with van der Waals surface area (Å²) in [5.74, 6) is 1.70. The van der Waals surface area contributed by atoms with E-state index in [0.29, 0.717) is 40.2 Å². The molecule has 33 heavy (non-hydrogen) atoms. The Balaban J connectivity index is 1.49. The number of methoxy groups -OCH3 is 1. The van der Waals surface area contributed by atoms with E-state index in [4.69, 9.17) is 21.3 Å². The third-order valence-corrected chi connectivity index (χ3v) is 6.23. The van der Waals surface area contributed by atoms with Gasteiger partial charge in [-0.15, -0.1) is 0 Å². The number of aryl methyl sites for hydroxylation is 1. The Kier molecular flexibility index (Phi) is 5.55. The summed E-state index contributed by atoms with van der Waals surface area (Å²) in [6.07, 6.45) is 4.78. The second kappa shape index (κ2) is 8.67. The zero-order chi connectivity index (χ0) is 22.9. The molecule has 1 aliphatic heterocycles. The highest BCUT2D eigenvalue weighted by Gasteiger charge is 2.34. The number of hydrogen-bond acceptors (Lipinski definition) is 6. The van der Waals surface area contributed by atoms with E-state index in [2.05, 4.69) is 20.4 Å². The maximum atomic E-state index is 13.7. The summed E-state index contributed by atoms with van der Waals surface area (Å²) < 4.78 is 5.44. The number of rotatable bonds is 5. The maximum Gasteiger partial charge on any atom is 0.256 e. The molecule has 1 amide bonds. The predicted octanol–water partition coefficient (Wildman–Crippen LogP) is 4.00. The molecule has 1 fully saturated rings. The van der Waals surface area contributed by atoms with Crippen molar-refractivity contribution < 1.29 is 9.53 Å². The highest BCUT2D eigenvalue weighted by atomic mass is 35.5. The van der Waals surface area contributed by atoms with E-state index in [1.54, 1.807) is 30.5 Å². The van der Waals surface area contributed by atoms with Crippen LogP contribution in [0.5, 0.6) is 5.75 Å². The van der Waals surface area contributed by atoms with Gasteiger partial charge in [0.25, 0.3) is 5.91 Å². The molecule has 1 atom stereocenters. The van der Waals surface area contributed by atoms with Gasteiger partial charge in [-0.1, -0.05) is 23.7 Å². The van der Waals surface area contributed by atoms with Crippen LogP contribution >= 0.6 is 11.6 Å². The number of H-pyrrole nitrogens is 1. The van der Waals surface area contributed by atoms with E-state index in [1.807, 2.05) is 37.3 Å². The SMILES string of the molecule is COc1ccccc1-c1n[nH]c(C2CCCN2C(=O)c2cc(Cl)c(C)cc2-n2nccn2)n1. The number of ether oxygens (including phenoxy) is 1. The van der Waals surface area contributed by atoms with Crippen LogP contribution in [-0.4, -0.2) is 54.6 Å². The monoisotopic (exact) mass is 463 g/mol. The Hall–Kier alpha value is -3.72. The molecule has 2 aromatic carbocycles. The summed E-state index contributed by atoms with van der Waals surface area (Å²) >= 11 is 6.39. The molecule has 1 aliphatic rings. The van der Waals surface area contributed by atoms with Gasteiger partial charge >= 0.3 is 0 Å². The van der Waals surface area contributed by atoms with Crippen LogP contribution in [0.2, 0.25) is 5.02 Å². The van der Waals surface area contributed by atoms with Crippen LogP contribution in [0.4, 0.5) is 0 Å². The summed E-state index contributed by atoms with van der Waals surface area (Å²) in [6, 6.07) is 10.9. The second-order valence-corrected chi connectivity index (χ2v) is 8.25. The largest absolute Gasteiger partial charge is 0.496 e. The van der Waals surface area contributed by atoms with Gasteiger partial charge in [0, 0.05) is 11.6 Å². The Labute approximate surface area is 195 Å². The number of benzene rings is 2. The Morgan fingerprint density at radius 3 is 2.79 bits per heavy atom. The summed E-state index contributed by atoms with van der Waals surface area (Å²) in [5.41, 5.74) is 2.66. The third kappa shape index (κ3) is 3.84. The lowest BCUT2D eigenvalue weighted by Gasteiger charge is -2.24. The van der Waals surface area contributed by atoms with Crippen molar-refractivity contribution in [3.05, 3.63) is 70.8 Å². The molecule has 1 unspecified atom stereocenters. The summed E-state index contributed by atoms with van der Waals surface area (Å²) in [6.45, 7) is 2.49. The third-order valence-electron chi connectivity index (χ3n) is 5.82. The van der Waals surface area contributed by atoms with E-state index in [9.17, 15) is 4.79 Å². The van der Waals surface area contributed by atoms with E-state index in [1.165, 1.54) is 4.80 Å². The van der Waals surface area contributed by atoms with Crippen molar-refractivity contribution in [3.8, 4) is 22.8 Å². The molecule has 2 aromatic heterocycles. The van der Waals surface area contributed by atoms with Crippen molar-refractivity contribution in [2.75, 3.05) is 13.7 Å². The number of para-hydroxylation sites is 1. The van der Waals surface area contributed by atoms with Gasteiger partial charge in [0.15, 0.2) is 5.82 Å². The molecule has 1 N–H and O–H groups in total. The van der Waals surface area contributed by atoms with Gasteiger partial charge < -0.3 is 9.64 Å². The van der Waals surface area contributed by atoms with Gasteiger partial charge in [0.1, 0.15) is 11.6 Å². The van der Waals surface area contributed by atoms with Crippen LogP contribution in [0.3, 0.4) is 0 Å². The molecule has 5 rings (SSSR count). The average Bonchev–Trinajstić information content (AvgIpc) is 3.61. The maximum absolute atomic E-state index is 13.7. The molecule has 0 saturated carbocycles. The van der Waals surface area contributed by atoms with Gasteiger partial charge in [-0.05, 0) is 49.6 Å². The Morgan fingerprint density at radius 1 is 1.21 bits per heavy atom. The van der Waals surface area contributed by atoms with Crippen LogP contribution in [0, 0.1) is 6.92 Å². The van der Waals surface area contributed by atoms with Crippen LogP contribution in [-0.2, 0) is 0 Å². The minimum atomic E-state index is -0.230. The van der Waals surface area contributed by atoms with Crippen LogP contribution < -0.4 is 4.74 Å². The first-order valence-electron chi connectivity index (χ1n) is 10.6. The molecule has 0 bridgehead atoms. The number of aromatic amines is 1. The zero-order valence-corrected chi connectivity index (χ0v) is 19.0. The van der Waals surface area contributed by atoms with Crippen LogP contribution in [0.25, 0.3) is 17.1 Å². The molecule has 9 nitrogen and oxygen atoms in total. The summed E-state index contributed by atoms with van der Waals surface area (Å²) in [4.78, 5) is 21.7. The predicted molar refractivity (Wildman–Crippen MR) is 122 cm³/mol. The topological polar surface area (TPSA) is 102 Å². The second-order valence-electron chi connectivity index (χ2n) is 7.84. The van der Waals surface area contributed by atoms with Crippen molar-refractivity contribution >= 4 is 17.5 Å². The lowest BCUT2D eigenvalue weighted by atomic mass is 10.1. The van der Waals surface area contributed by atoms with Gasteiger partial charge in [0.05, 0.1) is 42.4 Å². The molecule has 0 aliphatic carbocycles. The number of aromatic nitrogens is 6. The van der Waals surface area contributed by atoms with E-state index in [-0.39, 0.29) is 11.9 Å². The van der Waals surface area contributed by atoms with Crippen LogP contribution in [0.15, 0.2) is 48.8 Å². The number of nitrogens with zero attached hydrogens (tertiary/aromatic N) is 6. The number of carbonyl (C=O) groups excluding carboxylic acids is 1. The molecule has 0 radical (unpaired) electrons. The highest BCUT2D eigenvalue weighted by Crippen LogP contribution is 2.35. The van der Waals surface area contributed by atoms with Crippen molar-refractivity contribution in [2.45, 2.75) is 25.8 Å². The standard InChI is InChI=1S/C23H22ClN7O2/c1-14-12-19(31-25-9-10-26-31)16(13-17(14)24)23(32)30-11-5-7-18(30)22-27-21(28-29-22)15-6-3-4-8-20(15)33-2/h3-4,6,8-10,12-13,18H,5,7,11H2,1-2H3,(H,27,28,29). The first-order chi connectivity index (χ1) is 16.1. The molecular formula is C23H22ClN7O2. The van der Waals surface area contributed by atoms with Crippen molar-refractivity contribution in [2.24, 2.45) is 0 Å². The van der Waals surface area contributed by atoms with E-state index in [0.717, 1.165) is 24.0 Å². The highest BCUT2D eigenvalue weighted by molar-refractivity contribution is 6.31. The van der Waals surface area contributed by atoms with E-state index >= 15 is 0 Å². The lowest BCUT2D eigenvalue weighted by Crippen LogP contribution is -2.32. The molecule has 10 heteroatoms. The van der Waals surface area contributed by atoms with Gasteiger partial charge in [-0.25, -0.2) is 4.98 Å². The van der Waals surface area contributed by atoms with Gasteiger partial charge in [0.2, 0.25) is 0 Å². The minimum absolute atomic E-state index is 0.151. The Morgan fingerprint density at radius 2 is 2.00 bits per heavy atom. The van der Waals surface area contributed by atoms with Crippen molar-refractivity contribution in [1.29, 1.82) is 0 Å².